The second-order valence-corrected chi connectivity index (χ2v) is 9.62. The van der Waals surface area contributed by atoms with Crippen LogP contribution in [0.2, 0.25) is 5.02 Å². The number of pyridine rings is 1. The van der Waals surface area contributed by atoms with Gasteiger partial charge in [0.2, 0.25) is 5.91 Å². The van der Waals surface area contributed by atoms with Crippen molar-refractivity contribution in [1.82, 2.24) is 20.3 Å². The van der Waals surface area contributed by atoms with E-state index in [1.165, 1.54) is 30.7 Å². The van der Waals surface area contributed by atoms with Crippen molar-refractivity contribution in [3.63, 3.8) is 0 Å². The van der Waals surface area contributed by atoms with E-state index in [2.05, 4.69) is 25.6 Å². The molecular formula is C26H25ClF3N5O3. The molecule has 38 heavy (non-hydrogen) atoms. The van der Waals surface area contributed by atoms with Crippen LogP contribution in [0.4, 0.5) is 24.5 Å². The molecule has 0 radical (unpaired) electrons. The number of ketones is 1. The van der Waals surface area contributed by atoms with Gasteiger partial charge in [-0.15, -0.1) is 0 Å². The van der Waals surface area contributed by atoms with Crippen LogP contribution in [0.5, 0.6) is 0 Å². The Balaban J connectivity index is 1.44. The molecule has 12 heteroatoms. The maximum atomic E-state index is 13.4. The number of amides is 1. The Morgan fingerprint density at radius 1 is 1.11 bits per heavy atom. The van der Waals surface area contributed by atoms with Crippen LogP contribution in [0.15, 0.2) is 42.9 Å². The Labute approximate surface area is 222 Å². The van der Waals surface area contributed by atoms with Crippen molar-refractivity contribution in [2.24, 2.45) is 5.41 Å². The van der Waals surface area contributed by atoms with Crippen molar-refractivity contribution in [2.75, 3.05) is 18.5 Å². The Kier molecular flexibility index (Phi) is 7.98. The molecule has 1 fully saturated rings. The van der Waals surface area contributed by atoms with E-state index in [9.17, 15) is 22.8 Å². The number of nitrogens with zero attached hydrogens (tertiary/aromatic N) is 3. The van der Waals surface area contributed by atoms with Crippen LogP contribution >= 0.6 is 11.6 Å². The zero-order valence-corrected chi connectivity index (χ0v) is 21.4. The second kappa shape index (κ2) is 11.0. The first-order chi connectivity index (χ1) is 18.0. The number of carbonyl (C=O) groups excluding carboxylic acids is 2. The number of aromatic nitrogens is 3. The lowest BCUT2D eigenvalue weighted by Crippen LogP contribution is -2.43. The third kappa shape index (κ3) is 6.28. The molecule has 1 aliphatic heterocycles. The standard InChI is InChI=1S/C26H25ClF3N5O3/c1-15-7-19(35-21-4-3-18(27)8-20(21)26(28,29)30)12-33-22(15)13-34-24(37)25(5-6-38-14-25)9-23(36)17-10-31-16(2)32-11-17/h3-4,7-8,10-12,35H,5-6,9,13-14H2,1-2H3,(H,34,37)/t25-/m0/s1. The summed E-state index contributed by atoms with van der Waals surface area (Å²) in [7, 11) is 0. The smallest absolute Gasteiger partial charge is 0.380 e. The van der Waals surface area contributed by atoms with Gasteiger partial charge < -0.3 is 15.4 Å². The van der Waals surface area contributed by atoms with Crippen molar-refractivity contribution in [3.05, 3.63) is 76.1 Å². The number of benzene rings is 1. The minimum Gasteiger partial charge on any atom is -0.380 e. The minimum absolute atomic E-state index is 0.0254. The average Bonchev–Trinajstić information content (AvgIpc) is 3.34. The molecule has 2 N–H and O–H groups in total. The van der Waals surface area contributed by atoms with Gasteiger partial charge in [0.15, 0.2) is 5.78 Å². The van der Waals surface area contributed by atoms with Gasteiger partial charge >= 0.3 is 6.18 Å². The van der Waals surface area contributed by atoms with Crippen LogP contribution in [0.1, 0.15) is 45.8 Å². The number of ether oxygens (including phenoxy) is 1. The fourth-order valence-electron chi connectivity index (χ4n) is 4.18. The lowest BCUT2D eigenvalue weighted by atomic mass is 9.80. The third-order valence-corrected chi connectivity index (χ3v) is 6.59. The van der Waals surface area contributed by atoms with Gasteiger partial charge in [0.05, 0.1) is 53.0 Å². The molecule has 1 atom stereocenters. The molecule has 3 heterocycles. The largest absolute Gasteiger partial charge is 0.418 e. The van der Waals surface area contributed by atoms with Crippen LogP contribution in [0.25, 0.3) is 0 Å². The summed E-state index contributed by atoms with van der Waals surface area (Å²) >= 11 is 5.75. The molecule has 0 unspecified atom stereocenters. The topological polar surface area (TPSA) is 106 Å². The highest BCUT2D eigenvalue weighted by Gasteiger charge is 2.44. The van der Waals surface area contributed by atoms with Gasteiger partial charge in [0, 0.05) is 30.4 Å². The predicted molar refractivity (Wildman–Crippen MR) is 134 cm³/mol. The first-order valence-electron chi connectivity index (χ1n) is 11.7. The summed E-state index contributed by atoms with van der Waals surface area (Å²) in [4.78, 5) is 38.4. The molecular weight excluding hydrogens is 523 g/mol. The SMILES string of the molecule is Cc1ncc(C(=O)C[C@@]2(C(=O)NCc3ncc(Nc4ccc(Cl)cc4C(F)(F)F)cc3C)CCOC2)cn1. The van der Waals surface area contributed by atoms with Crippen molar-refractivity contribution in [3.8, 4) is 0 Å². The molecule has 1 aliphatic rings. The number of halogens is 4. The first kappa shape index (κ1) is 27.5. The van der Waals surface area contributed by atoms with E-state index >= 15 is 0 Å². The molecule has 0 saturated carbocycles. The summed E-state index contributed by atoms with van der Waals surface area (Å²) in [6.07, 6.45) is 0.0119. The zero-order chi connectivity index (χ0) is 27.5. The van der Waals surface area contributed by atoms with E-state index in [1.807, 2.05) is 0 Å². The summed E-state index contributed by atoms with van der Waals surface area (Å²) in [5, 5.41) is 5.56. The Morgan fingerprint density at radius 2 is 1.84 bits per heavy atom. The van der Waals surface area contributed by atoms with E-state index in [-0.39, 0.29) is 42.0 Å². The third-order valence-electron chi connectivity index (χ3n) is 6.36. The fraction of sp³-hybridized carbons (Fsp3) is 0.346. The molecule has 2 aromatic heterocycles. The minimum atomic E-state index is -4.59. The van der Waals surface area contributed by atoms with Crippen molar-refractivity contribution in [1.29, 1.82) is 0 Å². The maximum Gasteiger partial charge on any atom is 0.418 e. The van der Waals surface area contributed by atoms with Crippen LogP contribution in [-0.2, 0) is 22.3 Å². The summed E-state index contributed by atoms with van der Waals surface area (Å²) in [6, 6.07) is 5.11. The van der Waals surface area contributed by atoms with E-state index in [1.54, 1.807) is 19.9 Å². The van der Waals surface area contributed by atoms with Crippen LogP contribution in [0.3, 0.4) is 0 Å². The Hall–Kier alpha value is -3.57. The van der Waals surface area contributed by atoms with Gasteiger partial charge in [0.1, 0.15) is 5.82 Å². The highest BCUT2D eigenvalue weighted by Crippen LogP contribution is 2.38. The number of Topliss-reactive ketones (excluding diaryl/α,β-unsaturated/α-hetero) is 1. The van der Waals surface area contributed by atoms with Crippen LogP contribution in [0, 0.1) is 19.3 Å². The molecule has 200 valence electrons. The summed E-state index contributed by atoms with van der Waals surface area (Å²) in [5.41, 5.74) is -0.224. The van der Waals surface area contributed by atoms with Crippen molar-refractivity contribution >= 4 is 34.7 Å². The Morgan fingerprint density at radius 3 is 2.47 bits per heavy atom. The molecule has 1 amide bonds. The molecule has 1 aromatic carbocycles. The van der Waals surface area contributed by atoms with Crippen molar-refractivity contribution < 1.29 is 27.5 Å². The summed E-state index contributed by atoms with van der Waals surface area (Å²) in [5.74, 6) is -0.0529. The van der Waals surface area contributed by atoms with E-state index in [0.29, 0.717) is 41.4 Å². The number of aryl methyl sites for hydroxylation is 2. The quantitative estimate of drug-likeness (QED) is 0.373. The molecule has 8 nitrogen and oxygen atoms in total. The average molecular weight is 548 g/mol. The van der Waals surface area contributed by atoms with E-state index in [0.717, 1.165) is 6.07 Å². The lowest BCUT2D eigenvalue weighted by Gasteiger charge is -2.25. The van der Waals surface area contributed by atoms with Crippen LogP contribution < -0.4 is 10.6 Å². The number of rotatable bonds is 8. The molecule has 0 aliphatic carbocycles. The van der Waals surface area contributed by atoms with Crippen molar-refractivity contribution in [2.45, 2.75) is 39.4 Å². The zero-order valence-electron chi connectivity index (χ0n) is 20.7. The Bertz CT molecular complexity index is 1340. The van der Waals surface area contributed by atoms with E-state index < -0.39 is 17.2 Å². The van der Waals surface area contributed by atoms with Gasteiger partial charge in [-0.2, -0.15) is 13.2 Å². The molecule has 0 spiro atoms. The van der Waals surface area contributed by atoms with Gasteiger partial charge in [0.25, 0.3) is 0 Å². The van der Waals surface area contributed by atoms with Gasteiger partial charge in [-0.3, -0.25) is 14.6 Å². The predicted octanol–water partition coefficient (Wildman–Crippen LogP) is 5.20. The van der Waals surface area contributed by atoms with Gasteiger partial charge in [-0.05, 0) is 50.1 Å². The van der Waals surface area contributed by atoms with Crippen LogP contribution in [-0.4, -0.2) is 39.9 Å². The van der Waals surface area contributed by atoms with Gasteiger partial charge in [-0.1, -0.05) is 11.6 Å². The highest BCUT2D eigenvalue weighted by molar-refractivity contribution is 6.30. The fourth-order valence-corrected chi connectivity index (χ4v) is 4.35. The molecule has 0 bridgehead atoms. The normalized spacial score (nSPS) is 17.3. The maximum absolute atomic E-state index is 13.4. The molecule has 1 saturated heterocycles. The number of carbonyl (C=O) groups is 2. The van der Waals surface area contributed by atoms with Gasteiger partial charge in [-0.25, -0.2) is 9.97 Å². The lowest BCUT2D eigenvalue weighted by molar-refractivity contribution is -0.137. The number of hydrogen-bond acceptors (Lipinski definition) is 7. The number of anilines is 2. The highest BCUT2D eigenvalue weighted by atomic mass is 35.5. The first-order valence-corrected chi connectivity index (χ1v) is 12.1. The summed E-state index contributed by atoms with van der Waals surface area (Å²) < 4.78 is 45.7. The second-order valence-electron chi connectivity index (χ2n) is 9.18. The molecule has 3 aromatic rings. The monoisotopic (exact) mass is 547 g/mol. The number of nitrogens with one attached hydrogen (secondary N) is 2. The summed E-state index contributed by atoms with van der Waals surface area (Å²) in [6.45, 7) is 3.98. The molecule has 4 rings (SSSR count). The number of alkyl halides is 3. The van der Waals surface area contributed by atoms with E-state index in [4.69, 9.17) is 16.3 Å². The number of hydrogen-bond donors (Lipinski definition) is 2.